The second-order valence-corrected chi connectivity index (χ2v) is 4.91. The van der Waals surface area contributed by atoms with Gasteiger partial charge in [-0.3, -0.25) is 14.5 Å². The molecule has 22 heavy (non-hydrogen) atoms. The Balaban J connectivity index is 1.75. The van der Waals surface area contributed by atoms with Crippen molar-refractivity contribution in [1.29, 1.82) is 0 Å². The van der Waals surface area contributed by atoms with Crippen molar-refractivity contribution in [3.63, 3.8) is 0 Å². The number of nitrogen functional groups attached to an aromatic ring is 1. The summed E-state index contributed by atoms with van der Waals surface area (Å²) in [5, 5.41) is 2.73. The van der Waals surface area contributed by atoms with Crippen molar-refractivity contribution in [2.24, 2.45) is 0 Å². The molecule has 1 aliphatic rings. The first-order valence-electron chi connectivity index (χ1n) is 6.81. The SMILES string of the molecule is Nc1cccc(NC(=O)CN2C(=O)COc3ccccc32)c1. The molecule has 0 saturated heterocycles. The number of nitrogens with zero attached hydrogens (tertiary/aromatic N) is 1. The van der Waals surface area contributed by atoms with E-state index >= 15 is 0 Å². The zero-order valence-corrected chi connectivity index (χ0v) is 11.8. The number of nitrogens with one attached hydrogen (secondary N) is 1. The van der Waals surface area contributed by atoms with Crippen LogP contribution in [-0.4, -0.2) is 25.0 Å². The number of hydrogen-bond donors (Lipinski definition) is 2. The lowest BCUT2D eigenvalue weighted by molar-refractivity contribution is -0.123. The summed E-state index contributed by atoms with van der Waals surface area (Å²) in [5.74, 6) is 0.0518. The number of fused-ring (bicyclic) bond motifs is 1. The van der Waals surface area contributed by atoms with Gasteiger partial charge in [0.2, 0.25) is 5.91 Å². The van der Waals surface area contributed by atoms with Gasteiger partial charge in [0, 0.05) is 11.4 Å². The minimum absolute atomic E-state index is 0.0669. The van der Waals surface area contributed by atoms with Crippen LogP contribution in [0.3, 0.4) is 0 Å². The van der Waals surface area contributed by atoms with E-state index in [4.69, 9.17) is 10.5 Å². The molecule has 2 aromatic carbocycles. The second kappa shape index (κ2) is 5.77. The molecule has 112 valence electrons. The van der Waals surface area contributed by atoms with E-state index in [0.29, 0.717) is 22.8 Å². The highest BCUT2D eigenvalue weighted by Crippen LogP contribution is 2.31. The van der Waals surface area contributed by atoms with E-state index in [2.05, 4.69) is 5.32 Å². The first-order chi connectivity index (χ1) is 10.6. The van der Waals surface area contributed by atoms with Gasteiger partial charge in [-0.25, -0.2) is 0 Å². The predicted octanol–water partition coefficient (Wildman–Crippen LogP) is 1.63. The molecule has 3 rings (SSSR count). The summed E-state index contributed by atoms with van der Waals surface area (Å²) in [6.45, 7) is -0.142. The first kappa shape index (κ1) is 13.9. The smallest absolute Gasteiger partial charge is 0.265 e. The van der Waals surface area contributed by atoms with Gasteiger partial charge in [0.1, 0.15) is 12.3 Å². The number of carbonyl (C=O) groups is 2. The number of nitrogens with two attached hydrogens (primary N) is 1. The summed E-state index contributed by atoms with van der Waals surface area (Å²) in [7, 11) is 0. The van der Waals surface area contributed by atoms with Gasteiger partial charge in [0.05, 0.1) is 5.69 Å². The van der Waals surface area contributed by atoms with Crippen LogP contribution in [0.15, 0.2) is 48.5 Å². The Morgan fingerprint density at radius 1 is 1.23 bits per heavy atom. The number of anilines is 3. The van der Waals surface area contributed by atoms with Crippen LogP contribution in [-0.2, 0) is 9.59 Å². The molecule has 0 bridgehead atoms. The maximum absolute atomic E-state index is 12.2. The Kier molecular flexibility index (Phi) is 3.65. The van der Waals surface area contributed by atoms with Crippen molar-refractivity contribution < 1.29 is 14.3 Å². The Hall–Kier alpha value is -3.02. The van der Waals surface area contributed by atoms with Gasteiger partial charge >= 0.3 is 0 Å². The van der Waals surface area contributed by atoms with Crippen molar-refractivity contribution in [1.82, 2.24) is 0 Å². The zero-order valence-electron chi connectivity index (χ0n) is 11.8. The molecule has 0 fully saturated rings. The highest BCUT2D eigenvalue weighted by Gasteiger charge is 2.26. The largest absolute Gasteiger partial charge is 0.482 e. The lowest BCUT2D eigenvalue weighted by Crippen LogP contribution is -2.43. The summed E-state index contributed by atoms with van der Waals surface area (Å²) in [5.41, 5.74) is 7.43. The van der Waals surface area contributed by atoms with Gasteiger partial charge in [0.15, 0.2) is 6.61 Å². The van der Waals surface area contributed by atoms with Crippen molar-refractivity contribution in [3.05, 3.63) is 48.5 Å². The molecule has 0 aliphatic carbocycles. The standard InChI is InChI=1S/C16H15N3O3/c17-11-4-3-5-12(8-11)18-15(20)9-19-13-6-1-2-7-14(13)22-10-16(19)21/h1-8H,9-10,17H2,(H,18,20). The van der Waals surface area contributed by atoms with E-state index in [9.17, 15) is 9.59 Å². The molecule has 3 N–H and O–H groups in total. The second-order valence-electron chi connectivity index (χ2n) is 4.91. The molecule has 1 heterocycles. The summed E-state index contributed by atoms with van der Waals surface area (Å²) in [6.07, 6.45) is 0. The van der Waals surface area contributed by atoms with Crippen LogP contribution >= 0.6 is 0 Å². The number of ether oxygens (including phenoxy) is 1. The molecule has 0 unspecified atom stereocenters. The van der Waals surface area contributed by atoms with Gasteiger partial charge in [-0.05, 0) is 30.3 Å². The maximum Gasteiger partial charge on any atom is 0.265 e. The number of amides is 2. The number of carbonyl (C=O) groups excluding carboxylic acids is 2. The van der Waals surface area contributed by atoms with E-state index in [-0.39, 0.29) is 25.0 Å². The van der Waals surface area contributed by atoms with Crippen molar-refractivity contribution in [2.75, 3.05) is 29.1 Å². The maximum atomic E-state index is 12.2. The molecule has 6 nitrogen and oxygen atoms in total. The van der Waals surface area contributed by atoms with Crippen LogP contribution in [0.1, 0.15) is 0 Å². The average Bonchev–Trinajstić information content (AvgIpc) is 2.50. The molecular weight excluding hydrogens is 282 g/mol. The molecule has 0 radical (unpaired) electrons. The predicted molar refractivity (Wildman–Crippen MR) is 83.8 cm³/mol. The Morgan fingerprint density at radius 2 is 2.05 bits per heavy atom. The van der Waals surface area contributed by atoms with Crippen molar-refractivity contribution in [3.8, 4) is 5.75 Å². The monoisotopic (exact) mass is 297 g/mol. The highest BCUT2D eigenvalue weighted by molar-refractivity contribution is 6.05. The third kappa shape index (κ3) is 2.85. The highest BCUT2D eigenvalue weighted by atomic mass is 16.5. The average molecular weight is 297 g/mol. The number of hydrogen-bond acceptors (Lipinski definition) is 4. The summed E-state index contributed by atoms with van der Waals surface area (Å²) >= 11 is 0. The molecule has 2 amide bonds. The fourth-order valence-corrected chi connectivity index (χ4v) is 2.29. The molecule has 0 aromatic heterocycles. The summed E-state index contributed by atoms with van der Waals surface area (Å²) in [4.78, 5) is 25.6. The van der Waals surface area contributed by atoms with Crippen LogP contribution in [0.5, 0.6) is 5.75 Å². The van der Waals surface area contributed by atoms with Crippen LogP contribution in [0.2, 0.25) is 0 Å². The molecule has 0 saturated carbocycles. The van der Waals surface area contributed by atoms with Crippen LogP contribution in [0, 0.1) is 0 Å². The number of para-hydroxylation sites is 2. The van der Waals surface area contributed by atoms with E-state index in [1.165, 1.54) is 4.90 Å². The zero-order chi connectivity index (χ0) is 15.5. The third-order valence-electron chi connectivity index (χ3n) is 3.28. The van der Waals surface area contributed by atoms with Crippen LogP contribution < -0.4 is 20.7 Å². The van der Waals surface area contributed by atoms with Crippen molar-refractivity contribution in [2.45, 2.75) is 0 Å². The quantitative estimate of drug-likeness (QED) is 0.843. The van der Waals surface area contributed by atoms with E-state index in [1.807, 2.05) is 6.07 Å². The fourth-order valence-electron chi connectivity index (χ4n) is 2.29. The van der Waals surface area contributed by atoms with Gasteiger partial charge in [-0.15, -0.1) is 0 Å². The Morgan fingerprint density at radius 3 is 2.86 bits per heavy atom. The fraction of sp³-hybridized carbons (Fsp3) is 0.125. The summed E-state index contributed by atoms with van der Waals surface area (Å²) < 4.78 is 5.34. The molecular formula is C16H15N3O3. The number of rotatable bonds is 3. The lowest BCUT2D eigenvalue weighted by Gasteiger charge is -2.28. The van der Waals surface area contributed by atoms with Crippen molar-refractivity contribution >= 4 is 28.9 Å². The molecule has 1 aliphatic heterocycles. The topological polar surface area (TPSA) is 84.7 Å². The van der Waals surface area contributed by atoms with E-state index in [1.54, 1.807) is 42.5 Å². The lowest BCUT2D eigenvalue weighted by atomic mass is 10.2. The van der Waals surface area contributed by atoms with E-state index < -0.39 is 0 Å². The molecule has 2 aromatic rings. The normalized spacial score (nSPS) is 13.3. The van der Waals surface area contributed by atoms with Crippen LogP contribution in [0.25, 0.3) is 0 Å². The first-order valence-corrected chi connectivity index (χ1v) is 6.81. The van der Waals surface area contributed by atoms with E-state index in [0.717, 1.165) is 0 Å². The number of benzene rings is 2. The third-order valence-corrected chi connectivity index (χ3v) is 3.28. The molecule has 6 heteroatoms. The Bertz CT molecular complexity index is 730. The Labute approximate surface area is 127 Å². The molecule has 0 atom stereocenters. The van der Waals surface area contributed by atoms with Crippen LogP contribution in [0.4, 0.5) is 17.1 Å². The van der Waals surface area contributed by atoms with Gasteiger partial charge in [0.25, 0.3) is 5.91 Å². The minimum Gasteiger partial charge on any atom is -0.482 e. The van der Waals surface area contributed by atoms with Gasteiger partial charge in [-0.2, -0.15) is 0 Å². The minimum atomic E-state index is -0.296. The molecule has 0 spiro atoms. The van der Waals surface area contributed by atoms with Gasteiger partial charge in [-0.1, -0.05) is 18.2 Å². The summed E-state index contributed by atoms with van der Waals surface area (Å²) in [6, 6.07) is 14.0. The van der Waals surface area contributed by atoms with Gasteiger partial charge < -0.3 is 15.8 Å².